The number of hydrogen-bond donors (Lipinski definition) is 1. The normalized spacial score (nSPS) is 23.1. The first-order valence-corrected chi connectivity index (χ1v) is 9.32. The van der Waals surface area contributed by atoms with Crippen LogP contribution in [-0.4, -0.2) is 41.5 Å². The van der Waals surface area contributed by atoms with Crippen LogP contribution in [0.15, 0.2) is 23.6 Å². The zero-order valence-electron chi connectivity index (χ0n) is 13.8. The molecule has 1 aliphatic carbocycles. The van der Waals surface area contributed by atoms with Gasteiger partial charge in [0.2, 0.25) is 0 Å². The van der Waals surface area contributed by atoms with Gasteiger partial charge in [-0.25, -0.2) is 0 Å². The molecule has 0 radical (unpaired) electrons. The van der Waals surface area contributed by atoms with E-state index < -0.39 is 6.10 Å². The Bertz CT molecular complexity index is 612. The summed E-state index contributed by atoms with van der Waals surface area (Å²) in [6.45, 7) is 4.86. The van der Waals surface area contributed by atoms with Gasteiger partial charge < -0.3 is 9.67 Å². The molecule has 0 aliphatic heterocycles. The number of rotatable bonds is 6. The van der Waals surface area contributed by atoms with Crippen molar-refractivity contribution in [3.05, 3.63) is 24.3 Å². The Labute approximate surface area is 141 Å². The number of hydrogen-bond acceptors (Lipinski definition) is 5. The molecular weight excluding hydrogens is 310 g/mol. The number of aryl methyl sites for hydroxylation is 1. The Morgan fingerprint density at radius 3 is 3.00 bits per heavy atom. The molecule has 23 heavy (non-hydrogen) atoms. The summed E-state index contributed by atoms with van der Waals surface area (Å²) in [7, 11) is 0. The van der Waals surface area contributed by atoms with Gasteiger partial charge >= 0.3 is 0 Å². The van der Waals surface area contributed by atoms with E-state index in [1.54, 1.807) is 22.6 Å². The molecule has 0 saturated heterocycles. The van der Waals surface area contributed by atoms with Crippen molar-refractivity contribution in [2.75, 3.05) is 5.75 Å². The molecular formula is C16H25N5OS. The fraction of sp³-hybridized carbons (Fsp3) is 0.688. The smallest absolute Gasteiger partial charge is 0.191 e. The van der Waals surface area contributed by atoms with Gasteiger partial charge in [-0.05, 0) is 31.7 Å². The number of aliphatic hydroxyl groups is 1. The van der Waals surface area contributed by atoms with Crippen LogP contribution >= 0.6 is 11.8 Å². The minimum atomic E-state index is -0.448. The Kier molecular flexibility index (Phi) is 5.38. The second-order valence-electron chi connectivity index (χ2n) is 6.52. The van der Waals surface area contributed by atoms with E-state index in [0.717, 1.165) is 16.9 Å². The molecule has 6 nitrogen and oxygen atoms in total. The number of thioether (sulfide) groups is 1. The molecule has 0 unspecified atom stereocenters. The quantitative estimate of drug-likeness (QED) is 0.822. The van der Waals surface area contributed by atoms with Crippen molar-refractivity contribution in [3.8, 4) is 0 Å². The second-order valence-corrected chi connectivity index (χ2v) is 7.51. The highest BCUT2D eigenvalue weighted by Gasteiger charge is 2.24. The molecule has 1 N–H and O–H groups in total. The number of nitrogens with zero attached hydrogens (tertiary/aromatic N) is 5. The molecule has 126 valence electrons. The van der Waals surface area contributed by atoms with Crippen LogP contribution in [0.4, 0.5) is 0 Å². The SMILES string of the molecule is Cc1nnc(SC[C@H](O)Cn2cccn2)n1[C@H]1CCC[C@@H](C)C1. The molecule has 1 saturated carbocycles. The third-order valence-corrected chi connectivity index (χ3v) is 5.56. The Morgan fingerprint density at radius 1 is 1.39 bits per heavy atom. The monoisotopic (exact) mass is 335 g/mol. The standard InChI is InChI=1S/C16H25N5OS/c1-12-5-3-6-14(9-12)21-13(2)18-19-16(21)23-11-15(22)10-20-8-4-7-17-20/h4,7-8,12,14-15,22H,3,5-6,9-11H2,1-2H3/t12-,14+,15-/m1/s1. The third kappa shape index (κ3) is 4.14. The lowest BCUT2D eigenvalue weighted by molar-refractivity contribution is 0.172. The fourth-order valence-corrected chi connectivity index (χ4v) is 4.32. The van der Waals surface area contributed by atoms with Crippen LogP contribution in [0.2, 0.25) is 0 Å². The van der Waals surface area contributed by atoms with Gasteiger partial charge in [-0.1, -0.05) is 31.5 Å². The lowest BCUT2D eigenvalue weighted by Gasteiger charge is -2.29. The molecule has 3 atom stereocenters. The van der Waals surface area contributed by atoms with Crippen LogP contribution in [0.5, 0.6) is 0 Å². The van der Waals surface area contributed by atoms with Crippen molar-refractivity contribution in [2.24, 2.45) is 5.92 Å². The Balaban J connectivity index is 1.62. The lowest BCUT2D eigenvalue weighted by atomic mass is 9.87. The van der Waals surface area contributed by atoms with Gasteiger partial charge in [0.25, 0.3) is 0 Å². The molecule has 1 aliphatic rings. The summed E-state index contributed by atoms with van der Waals surface area (Å²) < 4.78 is 4.03. The zero-order chi connectivity index (χ0) is 16.2. The van der Waals surface area contributed by atoms with E-state index in [9.17, 15) is 5.11 Å². The van der Waals surface area contributed by atoms with Gasteiger partial charge in [-0.2, -0.15) is 5.10 Å². The molecule has 2 aromatic rings. The Hall–Kier alpha value is -1.34. The summed E-state index contributed by atoms with van der Waals surface area (Å²) in [4.78, 5) is 0. The van der Waals surface area contributed by atoms with Crippen LogP contribution in [0.25, 0.3) is 0 Å². The molecule has 2 aromatic heterocycles. The van der Waals surface area contributed by atoms with E-state index in [2.05, 4.69) is 26.8 Å². The fourth-order valence-electron chi connectivity index (χ4n) is 3.35. The van der Waals surface area contributed by atoms with E-state index >= 15 is 0 Å². The molecule has 3 rings (SSSR count). The maximum Gasteiger partial charge on any atom is 0.191 e. The summed E-state index contributed by atoms with van der Waals surface area (Å²) in [5.41, 5.74) is 0. The topological polar surface area (TPSA) is 68.8 Å². The van der Waals surface area contributed by atoms with Gasteiger partial charge in [0.05, 0.1) is 12.6 Å². The van der Waals surface area contributed by atoms with Crippen LogP contribution < -0.4 is 0 Å². The number of aliphatic hydroxyl groups excluding tert-OH is 1. The van der Waals surface area contributed by atoms with Gasteiger partial charge in [-0.15, -0.1) is 10.2 Å². The van der Waals surface area contributed by atoms with E-state index in [-0.39, 0.29) is 0 Å². The van der Waals surface area contributed by atoms with Gasteiger partial charge in [0, 0.05) is 24.2 Å². The minimum Gasteiger partial charge on any atom is -0.390 e. The Morgan fingerprint density at radius 2 is 2.26 bits per heavy atom. The first kappa shape index (κ1) is 16.5. The average Bonchev–Trinajstić information content (AvgIpc) is 3.15. The maximum atomic E-state index is 10.2. The van der Waals surface area contributed by atoms with E-state index in [1.807, 2.05) is 19.2 Å². The van der Waals surface area contributed by atoms with Gasteiger partial charge in [-0.3, -0.25) is 4.68 Å². The van der Waals surface area contributed by atoms with E-state index in [4.69, 9.17) is 0 Å². The largest absolute Gasteiger partial charge is 0.390 e. The van der Waals surface area contributed by atoms with Gasteiger partial charge in [0.1, 0.15) is 5.82 Å². The first-order chi connectivity index (χ1) is 11.1. The zero-order valence-corrected chi connectivity index (χ0v) is 14.6. The van der Waals surface area contributed by atoms with Gasteiger partial charge in [0.15, 0.2) is 5.16 Å². The highest BCUT2D eigenvalue weighted by Crippen LogP contribution is 2.35. The minimum absolute atomic E-state index is 0.448. The molecule has 2 heterocycles. The number of aromatic nitrogens is 5. The summed E-state index contributed by atoms with van der Waals surface area (Å²) >= 11 is 1.59. The highest BCUT2D eigenvalue weighted by atomic mass is 32.2. The lowest BCUT2D eigenvalue weighted by Crippen LogP contribution is -2.21. The molecule has 0 amide bonds. The average molecular weight is 335 g/mol. The van der Waals surface area contributed by atoms with E-state index in [0.29, 0.717) is 18.3 Å². The molecule has 7 heteroatoms. The third-order valence-electron chi connectivity index (χ3n) is 4.47. The molecule has 1 fully saturated rings. The summed E-state index contributed by atoms with van der Waals surface area (Å²) in [5, 5.41) is 23.8. The van der Waals surface area contributed by atoms with Crippen LogP contribution in [-0.2, 0) is 6.54 Å². The van der Waals surface area contributed by atoms with Crippen molar-refractivity contribution in [1.82, 2.24) is 24.5 Å². The maximum absolute atomic E-state index is 10.2. The first-order valence-electron chi connectivity index (χ1n) is 8.33. The van der Waals surface area contributed by atoms with Crippen molar-refractivity contribution in [1.29, 1.82) is 0 Å². The predicted octanol–water partition coefficient (Wildman–Crippen LogP) is 2.69. The van der Waals surface area contributed by atoms with Crippen molar-refractivity contribution >= 4 is 11.8 Å². The van der Waals surface area contributed by atoms with Crippen molar-refractivity contribution in [2.45, 2.75) is 63.4 Å². The van der Waals surface area contributed by atoms with E-state index in [1.165, 1.54) is 25.7 Å². The molecule has 0 bridgehead atoms. The molecule has 0 aromatic carbocycles. The highest BCUT2D eigenvalue weighted by molar-refractivity contribution is 7.99. The summed E-state index contributed by atoms with van der Waals surface area (Å²) in [6.07, 6.45) is 8.14. The second kappa shape index (κ2) is 7.49. The molecule has 0 spiro atoms. The van der Waals surface area contributed by atoms with Crippen LogP contribution in [0.1, 0.15) is 44.5 Å². The van der Waals surface area contributed by atoms with Crippen molar-refractivity contribution in [3.63, 3.8) is 0 Å². The van der Waals surface area contributed by atoms with Crippen LogP contribution in [0, 0.1) is 12.8 Å². The summed E-state index contributed by atoms with van der Waals surface area (Å²) in [5.74, 6) is 2.34. The van der Waals surface area contributed by atoms with Crippen LogP contribution in [0.3, 0.4) is 0 Å². The predicted molar refractivity (Wildman–Crippen MR) is 90.4 cm³/mol. The summed E-state index contributed by atoms with van der Waals surface area (Å²) in [6, 6.07) is 2.36. The van der Waals surface area contributed by atoms with Crippen molar-refractivity contribution < 1.29 is 5.11 Å².